The van der Waals surface area contributed by atoms with Gasteiger partial charge in [-0.1, -0.05) is 29.3 Å². The number of hydrogen-bond acceptors (Lipinski definition) is 1. The Balaban J connectivity index is 2.52. The first-order chi connectivity index (χ1) is 8.90. The number of benzene rings is 2. The van der Waals surface area contributed by atoms with Crippen LogP contribution in [-0.4, -0.2) is 5.11 Å². The van der Waals surface area contributed by atoms with Crippen LogP contribution in [0.4, 0.5) is 4.39 Å². The minimum Gasteiger partial charge on any atom is -0.384 e. The highest BCUT2D eigenvalue weighted by Gasteiger charge is 2.18. The Bertz CT molecular complexity index is 626. The lowest BCUT2D eigenvalue weighted by atomic mass is 9.95. The van der Waals surface area contributed by atoms with Crippen LogP contribution >= 0.6 is 23.2 Å². The van der Waals surface area contributed by atoms with Crippen LogP contribution in [0.25, 0.3) is 0 Å². The van der Waals surface area contributed by atoms with Crippen molar-refractivity contribution >= 4 is 23.2 Å². The van der Waals surface area contributed by atoms with Crippen LogP contribution in [0.15, 0.2) is 30.3 Å². The van der Waals surface area contributed by atoms with Gasteiger partial charge < -0.3 is 5.11 Å². The molecule has 0 heterocycles. The fourth-order valence-electron chi connectivity index (χ4n) is 1.99. The summed E-state index contributed by atoms with van der Waals surface area (Å²) in [5, 5.41) is 11.4. The largest absolute Gasteiger partial charge is 0.384 e. The summed E-state index contributed by atoms with van der Waals surface area (Å²) in [5.74, 6) is -0.482. The lowest BCUT2D eigenvalue weighted by Crippen LogP contribution is -2.05. The second-order valence-corrected chi connectivity index (χ2v) is 5.37. The molecule has 2 aromatic rings. The molecule has 2 rings (SSSR count). The van der Waals surface area contributed by atoms with Crippen LogP contribution in [0.3, 0.4) is 0 Å². The van der Waals surface area contributed by atoms with E-state index in [-0.39, 0.29) is 5.56 Å². The molecule has 0 radical (unpaired) electrons. The highest BCUT2D eigenvalue weighted by Crippen LogP contribution is 2.31. The summed E-state index contributed by atoms with van der Waals surface area (Å²) in [6, 6.07) is 7.66. The third-order valence-electron chi connectivity index (χ3n) is 3.09. The van der Waals surface area contributed by atoms with Crippen molar-refractivity contribution in [1.29, 1.82) is 0 Å². The third kappa shape index (κ3) is 2.92. The minimum atomic E-state index is -1.06. The van der Waals surface area contributed by atoms with Gasteiger partial charge in [-0.25, -0.2) is 4.39 Å². The van der Waals surface area contributed by atoms with Crippen LogP contribution in [-0.2, 0) is 0 Å². The lowest BCUT2D eigenvalue weighted by Gasteiger charge is -2.16. The summed E-state index contributed by atoms with van der Waals surface area (Å²) >= 11 is 11.9. The second kappa shape index (κ2) is 5.49. The van der Waals surface area contributed by atoms with E-state index in [0.29, 0.717) is 15.6 Å². The number of rotatable bonds is 2. The van der Waals surface area contributed by atoms with Gasteiger partial charge in [0.2, 0.25) is 0 Å². The van der Waals surface area contributed by atoms with E-state index < -0.39 is 11.9 Å². The topological polar surface area (TPSA) is 20.2 Å². The second-order valence-electron chi connectivity index (χ2n) is 4.53. The summed E-state index contributed by atoms with van der Waals surface area (Å²) in [5.41, 5.74) is 2.44. The van der Waals surface area contributed by atoms with Crippen molar-refractivity contribution in [2.24, 2.45) is 0 Å². The number of aryl methyl sites for hydroxylation is 2. The van der Waals surface area contributed by atoms with Crippen molar-refractivity contribution in [1.82, 2.24) is 0 Å². The molecule has 1 N–H and O–H groups in total. The molecule has 0 aliphatic heterocycles. The fraction of sp³-hybridized carbons (Fsp3) is 0.200. The number of aliphatic hydroxyl groups is 1. The van der Waals surface area contributed by atoms with Gasteiger partial charge in [-0.2, -0.15) is 0 Å². The SMILES string of the molecule is Cc1cc(C(O)c2cc(Cl)ccc2F)c(C)cc1Cl. The Morgan fingerprint density at radius 3 is 2.37 bits per heavy atom. The van der Waals surface area contributed by atoms with E-state index in [0.717, 1.165) is 11.1 Å². The van der Waals surface area contributed by atoms with E-state index in [4.69, 9.17) is 23.2 Å². The highest BCUT2D eigenvalue weighted by atomic mass is 35.5. The van der Waals surface area contributed by atoms with Gasteiger partial charge in [0.15, 0.2) is 0 Å². The summed E-state index contributed by atoms with van der Waals surface area (Å²) in [6.45, 7) is 3.67. The van der Waals surface area contributed by atoms with E-state index in [1.54, 1.807) is 12.1 Å². The van der Waals surface area contributed by atoms with Crippen molar-refractivity contribution in [2.75, 3.05) is 0 Å². The molecule has 0 bridgehead atoms. The van der Waals surface area contributed by atoms with Gasteiger partial charge in [-0.05, 0) is 54.8 Å². The highest BCUT2D eigenvalue weighted by molar-refractivity contribution is 6.31. The summed E-state index contributed by atoms with van der Waals surface area (Å²) in [7, 11) is 0. The zero-order valence-corrected chi connectivity index (χ0v) is 12.1. The van der Waals surface area contributed by atoms with Crippen LogP contribution in [0.1, 0.15) is 28.4 Å². The van der Waals surface area contributed by atoms with Crippen LogP contribution in [0, 0.1) is 19.7 Å². The van der Waals surface area contributed by atoms with Crippen LogP contribution in [0.5, 0.6) is 0 Å². The van der Waals surface area contributed by atoms with Gasteiger partial charge in [-0.15, -0.1) is 0 Å². The predicted molar refractivity (Wildman–Crippen MR) is 76.4 cm³/mol. The van der Waals surface area contributed by atoms with E-state index >= 15 is 0 Å². The molecule has 19 heavy (non-hydrogen) atoms. The quantitative estimate of drug-likeness (QED) is 0.842. The summed E-state index contributed by atoms with van der Waals surface area (Å²) in [4.78, 5) is 0. The first-order valence-electron chi connectivity index (χ1n) is 5.80. The molecule has 4 heteroatoms. The smallest absolute Gasteiger partial charge is 0.129 e. The Kier molecular flexibility index (Phi) is 4.14. The van der Waals surface area contributed by atoms with Gasteiger partial charge in [0.25, 0.3) is 0 Å². The van der Waals surface area contributed by atoms with Crippen LogP contribution < -0.4 is 0 Å². The molecule has 0 saturated carbocycles. The fourth-order valence-corrected chi connectivity index (χ4v) is 2.39. The number of halogens is 3. The first-order valence-corrected chi connectivity index (χ1v) is 6.55. The van der Waals surface area contributed by atoms with Crippen molar-refractivity contribution in [2.45, 2.75) is 20.0 Å². The first kappa shape index (κ1) is 14.3. The molecule has 2 aromatic carbocycles. The summed E-state index contributed by atoms with van der Waals surface area (Å²) in [6.07, 6.45) is -1.06. The van der Waals surface area contributed by atoms with Gasteiger partial charge in [0.1, 0.15) is 11.9 Å². The molecule has 100 valence electrons. The Labute approximate surface area is 121 Å². The molecule has 1 nitrogen and oxygen atoms in total. The maximum atomic E-state index is 13.8. The van der Waals surface area contributed by atoms with Crippen LogP contribution in [0.2, 0.25) is 10.0 Å². The molecule has 0 spiro atoms. The lowest BCUT2D eigenvalue weighted by molar-refractivity contribution is 0.214. The standard InChI is InChI=1S/C15H13Cl2FO/c1-8-6-13(17)9(2)5-11(8)15(19)12-7-10(16)3-4-14(12)18/h3-7,15,19H,1-2H3. The Morgan fingerprint density at radius 2 is 1.68 bits per heavy atom. The third-order valence-corrected chi connectivity index (χ3v) is 3.74. The maximum Gasteiger partial charge on any atom is 0.129 e. The minimum absolute atomic E-state index is 0.164. The van der Waals surface area contributed by atoms with Crippen molar-refractivity contribution in [3.8, 4) is 0 Å². The normalized spacial score (nSPS) is 12.5. The molecular formula is C15H13Cl2FO. The molecule has 0 saturated heterocycles. The average Bonchev–Trinajstić information content (AvgIpc) is 2.36. The molecular weight excluding hydrogens is 286 g/mol. The number of hydrogen-bond donors (Lipinski definition) is 1. The van der Waals surface area contributed by atoms with Gasteiger partial charge in [-0.3, -0.25) is 0 Å². The molecule has 0 aliphatic rings. The van der Waals surface area contributed by atoms with E-state index in [9.17, 15) is 9.50 Å². The molecule has 1 unspecified atom stereocenters. The summed E-state index contributed by atoms with van der Waals surface area (Å²) < 4.78 is 13.8. The number of aliphatic hydroxyl groups excluding tert-OH is 1. The Morgan fingerprint density at radius 1 is 1.00 bits per heavy atom. The molecule has 0 amide bonds. The monoisotopic (exact) mass is 298 g/mol. The average molecular weight is 299 g/mol. The van der Waals surface area contributed by atoms with Crippen molar-refractivity contribution < 1.29 is 9.50 Å². The van der Waals surface area contributed by atoms with Crippen molar-refractivity contribution in [3.63, 3.8) is 0 Å². The molecule has 0 aromatic heterocycles. The van der Waals surface area contributed by atoms with Gasteiger partial charge in [0.05, 0.1) is 0 Å². The Hall–Kier alpha value is -1.09. The van der Waals surface area contributed by atoms with Crippen molar-refractivity contribution in [3.05, 3.63) is 68.4 Å². The molecule has 1 atom stereocenters. The van der Waals surface area contributed by atoms with E-state index in [1.807, 2.05) is 13.8 Å². The maximum absolute atomic E-state index is 13.8. The molecule has 0 fully saturated rings. The predicted octanol–water partition coefficient (Wildman–Crippen LogP) is 4.83. The zero-order valence-electron chi connectivity index (χ0n) is 10.5. The molecule has 0 aliphatic carbocycles. The van der Waals surface area contributed by atoms with Gasteiger partial charge >= 0.3 is 0 Å². The van der Waals surface area contributed by atoms with E-state index in [1.165, 1.54) is 18.2 Å². The van der Waals surface area contributed by atoms with E-state index in [2.05, 4.69) is 0 Å². The van der Waals surface area contributed by atoms with Gasteiger partial charge in [0, 0.05) is 15.6 Å². The zero-order chi connectivity index (χ0) is 14.2.